The smallest absolute Gasteiger partial charge is 0.221 e. The molecule has 0 radical (unpaired) electrons. The fourth-order valence-electron chi connectivity index (χ4n) is 7.14. The number of benzene rings is 6. The van der Waals surface area contributed by atoms with Crippen molar-refractivity contribution in [3.8, 4) is 17.1 Å². The first-order valence-electron chi connectivity index (χ1n) is 14.9. The van der Waals surface area contributed by atoms with Gasteiger partial charge in [0, 0.05) is 33.2 Å². The van der Waals surface area contributed by atoms with Gasteiger partial charge in [-0.05, 0) is 66.7 Å². The number of fused-ring (bicyclic) bond motifs is 10. The number of hydrogen-bond donors (Lipinski definition) is 0. The minimum Gasteiger partial charge on any atom is -0.309 e. The van der Waals surface area contributed by atoms with Gasteiger partial charge in [-0.3, -0.25) is 13.5 Å². The van der Waals surface area contributed by atoms with Crippen LogP contribution in [0.3, 0.4) is 0 Å². The van der Waals surface area contributed by atoms with Crippen LogP contribution in [0.15, 0.2) is 152 Å². The summed E-state index contributed by atoms with van der Waals surface area (Å²) in [6.45, 7) is 0. The number of imidazole rings is 2. The molecule has 10 aromatic rings. The Bertz CT molecular complexity index is 2700. The normalized spacial score (nSPS) is 12.1. The van der Waals surface area contributed by atoms with Crippen molar-refractivity contribution in [1.29, 1.82) is 0 Å². The van der Waals surface area contributed by atoms with Crippen molar-refractivity contribution in [2.75, 3.05) is 0 Å². The van der Waals surface area contributed by atoms with Crippen LogP contribution in [0, 0.1) is 0 Å². The van der Waals surface area contributed by atoms with Crippen molar-refractivity contribution in [2.24, 2.45) is 0 Å². The lowest BCUT2D eigenvalue weighted by molar-refractivity contribution is 1.08. The van der Waals surface area contributed by atoms with Crippen LogP contribution in [0.4, 0.5) is 0 Å². The van der Waals surface area contributed by atoms with E-state index < -0.39 is 0 Å². The molecule has 0 fully saturated rings. The van der Waals surface area contributed by atoms with Gasteiger partial charge in [-0.25, -0.2) is 4.98 Å². The molecule has 44 heavy (non-hydrogen) atoms. The lowest BCUT2D eigenvalue weighted by Gasteiger charge is -2.09. The first-order valence-corrected chi connectivity index (χ1v) is 14.9. The van der Waals surface area contributed by atoms with E-state index in [2.05, 4.69) is 170 Å². The van der Waals surface area contributed by atoms with Crippen LogP contribution in [-0.2, 0) is 0 Å². The summed E-state index contributed by atoms with van der Waals surface area (Å²) in [5.74, 6) is 0.901. The van der Waals surface area contributed by atoms with Crippen LogP contribution >= 0.6 is 0 Å². The molecule has 4 heterocycles. The quantitative estimate of drug-likeness (QED) is 0.211. The first kappa shape index (κ1) is 23.5. The van der Waals surface area contributed by atoms with Crippen molar-refractivity contribution in [3.05, 3.63) is 152 Å². The molecule has 4 aromatic heterocycles. The zero-order chi connectivity index (χ0) is 28.8. The summed E-state index contributed by atoms with van der Waals surface area (Å²) in [5, 5.41) is 3.59. The van der Waals surface area contributed by atoms with Crippen molar-refractivity contribution >= 4 is 60.7 Å². The van der Waals surface area contributed by atoms with Gasteiger partial charge in [0.1, 0.15) is 5.52 Å². The molecule has 5 heteroatoms. The monoisotopic (exact) mass is 563 g/mol. The maximum atomic E-state index is 5.40. The fourth-order valence-corrected chi connectivity index (χ4v) is 7.14. The average Bonchev–Trinajstić information content (AvgIpc) is 3.80. The fraction of sp³-hybridized carbons (Fsp3) is 0. The molecule has 5 nitrogen and oxygen atoms in total. The Balaban J connectivity index is 1.33. The van der Waals surface area contributed by atoms with E-state index in [9.17, 15) is 0 Å². The standard InChI is InChI=1S/C39H25N5/c1-3-13-26(14-4-1)41-32-19-9-7-17-29(32)31-25-28(23-24-34(31)41)43-35-21-11-12-22-36(35)44-38-37(40-39(43)44)30-18-8-10-20-33(30)42(38)27-15-5-2-6-16-27/h1-25H. The molecule has 0 spiro atoms. The Labute approximate surface area is 252 Å². The number of rotatable bonds is 3. The predicted octanol–water partition coefficient (Wildman–Crippen LogP) is 9.47. The minimum absolute atomic E-state index is 0.901. The lowest BCUT2D eigenvalue weighted by Crippen LogP contribution is -1.98. The highest BCUT2D eigenvalue weighted by Crippen LogP contribution is 2.38. The van der Waals surface area contributed by atoms with Gasteiger partial charge in [0.25, 0.3) is 0 Å². The van der Waals surface area contributed by atoms with Crippen LogP contribution in [0.5, 0.6) is 0 Å². The zero-order valence-corrected chi connectivity index (χ0v) is 23.7. The van der Waals surface area contributed by atoms with Gasteiger partial charge < -0.3 is 4.57 Å². The molecule has 0 bridgehead atoms. The Morgan fingerprint density at radius 1 is 0.364 bits per heavy atom. The number of para-hydroxylation sites is 6. The Morgan fingerprint density at radius 3 is 1.64 bits per heavy atom. The molecule has 0 saturated heterocycles. The molecule has 0 aliphatic rings. The van der Waals surface area contributed by atoms with Crippen molar-refractivity contribution in [2.45, 2.75) is 0 Å². The van der Waals surface area contributed by atoms with Gasteiger partial charge in [0.15, 0.2) is 5.65 Å². The molecule has 0 aliphatic carbocycles. The van der Waals surface area contributed by atoms with E-state index in [4.69, 9.17) is 4.98 Å². The Kier molecular flexibility index (Phi) is 4.66. The summed E-state index contributed by atoms with van der Waals surface area (Å²) >= 11 is 0. The van der Waals surface area contributed by atoms with Gasteiger partial charge >= 0.3 is 0 Å². The van der Waals surface area contributed by atoms with E-state index in [1.54, 1.807) is 0 Å². The van der Waals surface area contributed by atoms with Crippen LogP contribution in [0.1, 0.15) is 0 Å². The van der Waals surface area contributed by atoms with E-state index in [-0.39, 0.29) is 0 Å². The average molecular weight is 564 g/mol. The van der Waals surface area contributed by atoms with Gasteiger partial charge in [-0.2, -0.15) is 0 Å². The van der Waals surface area contributed by atoms with Gasteiger partial charge in [0.2, 0.25) is 5.78 Å². The van der Waals surface area contributed by atoms with E-state index >= 15 is 0 Å². The van der Waals surface area contributed by atoms with Crippen LogP contribution < -0.4 is 0 Å². The molecule has 206 valence electrons. The highest BCUT2D eigenvalue weighted by molar-refractivity contribution is 6.11. The van der Waals surface area contributed by atoms with E-state index in [0.717, 1.165) is 55.9 Å². The van der Waals surface area contributed by atoms with Crippen LogP contribution in [-0.4, -0.2) is 23.1 Å². The third kappa shape index (κ3) is 3.05. The summed E-state index contributed by atoms with van der Waals surface area (Å²) in [5.41, 5.74) is 11.2. The summed E-state index contributed by atoms with van der Waals surface area (Å²) < 4.78 is 9.34. The molecular formula is C39H25N5. The first-order chi connectivity index (χ1) is 21.9. The van der Waals surface area contributed by atoms with Gasteiger partial charge in [0.05, 0.1) is 27.6 Å². The van der Waals surface area contributed by atoms with Gasteiger partial charge in [-0.15, -0.1) is 0 Å². The lowest BCUT2D eigenvalue weighted by atomic mass is 10.1. The predicted molar refractivity (Wildman–Crippen MR) is 181 cm³/mol. The zero-order valence-electron chi connectivity index (χ0n) is 23.7. The SMILES string of the molecule is c1ccc(-n2c3ccccc3c3cc(-n4c5ccccc5n5c4nc4c6ccccc6n(-c6ccccc6)c45)ccc32)cc1. The topological polar surface area (TPSA) is 32.1 Å². The molecule has 0 saturated carbocycles. The molecular weight excluding hydrogens is 538 g/mol. The third-order valence-corrected chi connectivity index (χ3v) is 8.95. The molecule has 0 amide bonds. The molecule has 0 N–H and O–H groups in total. The van der Waals surface area contributed by atoms with E-state index in [1.165, 1.54) is 21.8 Å². The maximum Gasteiger partial charge on any atom is 0.221 e. The van der Waals surface area contributed by atoms with E-state index in [1.807, 2.05) is 0 Å². The van der Waals surface area contributed by atoms with Crippen molar-refractivity contribution < 1.29 is 0 Å². The maximum absolute atomic E-state index is 5.40. The second-order valence-electron chi connectivity index (χ2n) is 11.3. The van der Waals surface area contributed by atoms with Crippen LogP contribution in [0.2, 0.25) is 0 Å². The molecule has 0 aliphatic heterocycles. The highest BCUT2D eigenvalue weighted by atomic mass is 15.3. The van der Waals surface area contributed by atoms with Crippen molar-refractivity contribution in [1.82, 2.24) is 23.1 Å². The molecule has 0 atom stereocenters. The molecule has 0 unspecified atom stereocenters. The second kappa shape index (κ2) is 8.72. The van der Waals surface area contributed by atoms with E-state index in [0.29, 0.717) is 0 Å². The Morgan fingerprint density at radius 2 is 0.909 bits per heavy atom. The number of nitrogens with zero attached hydrogens (tertiary/aromatic N) is 5. The summed E-state index contributed by atoms with van der Waals surface area (Å²) in [6, 6.07) is 53.9. The summed E-state index contributed by atoms with van der Waals surface area (Å²) in [6.07, 6.45) is 0. The second-order valence-corrected chi connectivity index (χ2v) is 11.3. The highest BCUT2D eigenvalue weighted by Gasteiger charge is 2.24. The molecule has 6 aromatic carbocycles. The van der Waals surface area contributed by atoms with Gasteiger partial charge in [-0.1, -0.05) is 84.9 Å². The van der Waals surface area contributed by atoms with Crippen molar-refractivity contribution in [3.63, 3.8) is 0 Å². The number of aromatic nitrogens is 5. The van der Waals surface area contributed by atoms with Crippen LogP contribution in [0.25, 0.3) is 77.7 Å². The third-order valence-electron chi connectivity index (χ3n) is 8.95. The molecule has 10 rings (SSSR count). The summed E-state index contributed by atoms with van der Waals surface area (Å²) in [7, 11) is 0. The number of hydrogen-bond acceptors (Lipinski definition) is 1. The Hall–Kier alpha value is -6.07. The minimum atomic E-state index is 0.901. The summed E-state index contributed by atoms with van der Waals surface area (Å²) in [4.78, 5) is 5.40. The largest absolute Gasteiger partial charge is 0.309 e.